The molecule has 0 fully saturated rings. The summed E-state index contributed by atoms with van der Waals surface area (Å²) in [5, 5.41) is 11.3. The van der Waals surface area contributed by atoms with E-state index in [0.717, 1.165) is 12.0 Å². The van der Waals surface area contributed by atoms with E-state index in [0.29, 0.717) is 17.7 Å². The van der Waals surface area contributed by atoms with Crippen molar-refractivity contribution in [3.8, 4) is 5.75 Å². The number of ether oxygens (including phenoxy) is 1. The summed E-state index contributed by atoms with van der Waals surface area (Å²) < 4.78 is 5.40. The Morgan fingerprint density at radius 2 is 2.27 bits per heavy atom. The maximum absolute atomic E-state index is 10.8. The zero-order valence-corrected chi connectivity index (χ0v) is 9.99. The molecule has 0 unspecified atom stereocenters. The first-order chi connectivity index (χ1) is 7.20. The number of hydrogen-bond donors (Lipinski definition) is 0. The Bertz CT molecular complexity index is 355. The molecule has 0 amide bonds. The van der Waals surface area contributed by atoms with Crippen molar-refractivity contribution >= 4 is 21.6 Å². The van der Waals surface area contributed by atoms with E-state index in [-0.39, 0.29) is 5.69 Å². The smallest absolute Gasteiger partial charge is 0.311 e. The molecule has 4 nitrogen and oxygen atoms in total. The van der Waals surface area contributed by atoms with Gasteiger partial charge in [-0.2, -0.15) is 0 Å². The summed E-state index contributed by atoms with van der Waals surface area (Å²) in [6.07, 6.45) is 0.827. The van der Waals surface area contributed by atoms with Crippen LogP contribution >= 0.6 is 15.9 Å². The van der Waals surface area contributed by atoms with Crippen molar-refractivity contribution in [3.05, 3.63) is 33.9 Å². The maximum atomic E-state index is 10.8. The van der Waals surface area contributed by atoms with Crippen LogP contribution in [0.25, 0.3) is 0 Å². The highest BCUT2D eigenvalue weighted by Gasteiger charge is 2.17. The van der Waals surface area contributed by atoms with E-state index < -0.39 is 4.92 Å². The summed E-state index contributed by atoms with van der Waals surface area (Å²) in [5.74, 6) is 0.376. The van der Waals surface area contributed by atoms with Crippen molar-refractivity contribution < 1.29 is 9.66 Å². The van der Waals surface area contributed by atoms with E-state index in [1.54, 1.807) is 6.07 Å². The zero-order chi connectivity index (χ0) is 11.3. The van der Waals surface area contributed by atoms with Crippen LogP contribution < -0.4 is 4.74 Å². The fraction of sp³-hybridized carbons (Fsp3) is 0.400. The molecule has 0 aliphatic carbocycles. The van der Waals surface area contributed by atoms with Crippen molar-refractivity contribution in [1.82, 2.24) is 0 Å². The van der Waals surface area contributed by atoms with Gasteiger partial charge in [0.2, 0.25) is 5.75 Å². The van der Waals surface area contributed by atoms with E-state index >= 15 is 0 Å². The molecule has 15 heavy (non-hydrogen) atoms. The average Bonchev–Trinajstić information content (AvgIpc) is 2.25. The molecule has 1 rings (SSSR count). The molecular weight excluding hydrogens is 262 g/mol. The van der Waals surface area contributed by atoms with Gasteiger partial charge in [0.1, 0.15) is 0 Å². The molecule has 0 bridgehead atoms. The van der Waals surface area contributed by atoms with E-state index in [2.05, 4.69) is 15.9 Å². The molecule has 0 radical (unpaired) electrons. The predicted octanol–water partition coefficient (Wildman–Crippen LogP) is 3.28. The summed E-state index contributed by atoms with van der Waals surface area (Å²) in [6, 6.07) is 4.93. The van der Waals surface area contributed by atoms with Gasteiger partial charge in [-0.25, -0.2) is 0 Å². The summed E-state index contributed by atoms with van der Waals surface area (Å²) in [5.41, 5.74) is 0.832. The maximum Gasteiger partial charge on any atom is 0.311 e. The van der Waals surface area contributed by atoms with Crippen molar-refractivity contribution in [3.63, 3.8) is 0 Å². The van der Waals surface area contributed by atoms with Gasteiger partial charge < -0.3 is 4.74 Å². The lowest BCUT2D eigenvalue weighted by Gasteiger charge is -2.08. The zero-order valence-electron chi connectivity index (χ0n) is 8.40. The summed E-state index contributed by atoms with van der Waals surface area (Å²) in [4.78, 5) is 10.3. The van der Waals surface area contributed by atoms with Gasteiger partial charge in [-0.1, -0.05) is 35.0 Å². The molecule has 0 saturated heterocycles. The van der Waals surface area contributed by atoms with Crippen LogP contribution in [0, 0.1) is 10.1 Å². The second kappa shape index (κ2) is 5.70. The Morgan fingerprint density at radius 1 is 1.53 bits per heavy atom. The molecule has 0 N–H and O–H groups in total. The minimum atomic E-state index is -0.419. The fourth-order valence-electron chi connectivity index (χ4n) is 1.19. The number of nitro benzene ring substituents is 1. The van der Waals surface area contributed by atoms with Crippen LogP contribution in [0.1, 0.15) is 18.9 Å². The van der Waals surface area contributed by atoms with Crippen LogP contribution in [0.5, 0.6) is 5.75 Å². The molecule has 1 aromatic carbocycles. The second-order valence-electron chi connectivity index (χ2n) is 3.00. The highest BCUT2D eigenvalue weighted by Crippen LogP contribution is 2.32. The molecule has 0 atom stereocenters. The van der Waals surface area contributed by atoms with Gasteiger partial charge >= 0.3 is 5.69 Å². The van der Waals surface area contributed by atoms with Gasteiger partial charge in [0, 0.05) is 17.0 Å². The third-order valence-corrected chi connectivity index (χ3v) is 2.47. The topological polar surface area (TPSA) is 52.4 Å². The molecule has 5 heteroatoms. The summed E-state index contributed by atoms with van der Waals surface area (Å²) >= 11 is 3.28. The van der Waals surface area contributed by atoms with Gasteiger partial charge in [0.15, 0.2) is 0 Å². The summed E-state index contributed by atoms with van der Waals surface area (Å²) in [6.45, 7) is 2.45. The largest absolute Gasteiger partial charge is 0.487 e. The van der Waals surface area contributed by atoms with Crippen LogP contribution in [-0.2, 0) is 5.33 Å². The quantitative estimate of drug-likeness (QED) is 0.470. The number of benzene rings is 1. The summed E-state index contributed by atoms with van der Waals surface area (Å²) in [7, 11) is 0. The molecule has 0 spiro atoms. The molecule has 0 aromatic heterocycles. The second-order valence-corrected chi connectivity index (χ2v) is 3.57. The Labute approximate surface area is 96.5 Å². The molecule has 0 heterocycles. The first-order valence-electron chi connectivity index (χ1n) is 4.65. The van der Waals surface area contributed by atoms with E-state index in [1.807, 2.05) is 13.0 Å². The normalized spacial score (nSPS) is 10.0. The lowest BCUT2D eigenvalue weighted by atomic mass is 10.2. The van der Waals surface area contributed by atoms with Gasteiger partial charge in [0.05, 0.1) is 11.5 Å². The number of rotatable bonds is 5. The van der Waals surface area contributed by atoms with Crippen LogP contribution in [0.2, 0.25) is 0 Å². The van der Waals surface area contributed by atoms with Crippen molar-refractivity contribution in [2.45, 2.75) is 18.7 Å². The average molecular weight is 274 g/mol. The molecule has 1 aromatic rings. The number of hydrogen-bond acceptors (Lipinski definition) is 3. The highest BCUT2D eigenvalue weighted by molar-refractivity contribution is 9.08. The Kier molecular flexibility index (Phi) is 4.55. The molecule has 0 saturated carbocycles. The minimum Gasteiger partial charge on any atom is -0.487 e. The van der Waals surface area contributed by atoms with E-state index in [9.17, 15) is 10.1 Å². The Morgan fingerprint density at radius 3 is 2.80 bits per heavy atom. The van der Waals surface area contributed by atoms with Crippen molar-refractivity contribution in [2.75, 3.05) is 6.61 Å². The monoisotopic (exact) mass is 273 g/mol. The Hall–Kier alpha value is -1.10. The molecule has 82 valence electrons. The molecular formula is C10H12BrNO3. The van der Waals surface area contributed by atoms with E-state index in [4.69, 9.17) is 4.74 Å². The molecule has 0 aliphatic rings. The number of nitro groups is 1. The lowest BCUT2D eigenvalue weighted by Crippen LogP contribution is -2.01. The Balaban J connectivity index is 3.08. The van der Waals surface area contributed by atoms with Gasteiger partial charge in [0.25, 0.3) is 0 Å². The van der Waals surface area contributed by atoms with Crippen molar-refractivity contribution in [2.24, 2.45) is 0 Å². The molecule has 0 aliphatic heterocycles. The fourth-order valence-corrected chi connectivity index (χ4v) is 1.63. The van der Waals surface area contributed by atoms with Crippen molar-refractivity contribution in [1.29, 1.82) is 0 Å². The first kappa shape index (κ1) is 12.0. The first-order valence-corrected chi connectivity index (χ1v) is 5.77. The third kappa shape index (κ3) is 2.92. The highest BCUT2D eigenvalue weighted by atomic mass is 79.9. The number of nitrogens with zero attached hydrogens (tertiary/aromatic N) is 1. The van der Waals surface area contributed by atoms with Gasteiger partial charge in [-0.3, -0.25) is 10.1 Å². The number of alkyl halides is 1. The van der Waals surface area contributed by atoms with Gasteiger partial charge in [-0.05, 0) is 6.42 Å². The number of halogens is 1. The lowest BCUT2D eigenvalue weighted by molar-refractivity contribution is -0.385. The van der Waals surface area contributed by atoms with Crippen LogP contribution in [0.15, 0.2) is 18.2 Å². The van der Waals surface area contributed by atoms with E-state index in [1.165, 1.54) is 6.07 Å². The number of para-hydroxylation sites is 1. The minimum absolute atomic E-state index is 0.0281. The standard InChI is InChI=1S/C10H12BrNO3/c1-2-6-15-10-8(7-11)4-3-5-9(10)12(13)14/h3-5H,2,6-7H2,1H3. The van der Waals surface area contributed by atoms with Gasteiger partial charge in [-0.15, -0.1) is 0 Å². The predicted molar refractivity (Wildman–Crippen MR) is 61.5 cm³/mol. The van der Waals surface area contributed by atoms with Crippen LogP contribution in [0.4, 0.5) is 5.69 Å². The van der Waals surface area contributed by atoms with Crippen LogP contribution in [-0.4, -0.2) is 11.5 Å². The third-order valence-electron chi connectivity index (χ3n) is 1.87. The SMILES string of the molecule is CCCOc1c(CBr)cccc1[N+](=O)[O-]. The van der Waals surface area contributed by atoms with Crippen LogP contribution in [0.3, 0.4) is 0 Å².